The molecule has 1 aliphatic rings. The molecule has 110 valence electrons. The lowest BCUT2D eigenvalue weighted by Crippen LogP contribution is -2.33. The minimum Gasteiger partial charge on any atom is -0.339 e. The molecule has 0 radical (unpaired) electrons. The fourth-order valence-corrected chi connectivity index (χ4v) is 2.98. The van der Waals surface area contributed by atoms with Crippen LogP contribution in [0.5, 0.6) is 0 Å². The zero-order valence-electron chi connectivity index (χ0n) is 11.0. The molecule has 20 heavy (non-hydrogen) atoms. The largest absolute Gasteiger partial charge is 0.434 e. The van der Waals surface area contributed by atoms with Crippen LogP contribution in [0, 0.1) is 5.92 Å². The number of carbonyl (C=O) groups is 1. The molecule has 1 amide bonds. The molecule has 0 unspecified atom stereocenters. The summed E-state index contributed by atoms with van der Waals surface area (Å²) in [5.74, 6) is -0.0924. The van der Waals surface area contributed by atoms with Crippen molar-refractivity contribution in [1.82, 2.24) is 9.88 Å². The maximum absolute atomic E-state index is 12.4. The highest BCUT2D eigenvalue weighted by Crippen LogP contribution is 2.30. The van der Waals surface area contributed by atoms with Gasteiger partial charge in [-0.3, -0.25) is 4.79 Å². The molecule has 7 heteroatoms. The van der Waals surface area contributed by atoms with Crippen molar-refractivity contribution in [3.63, 3.8) is 0 Å². The standard InChI is InChI=1S/C13H15F3N2OS/c1-18(12(19)9-5-3-2-4-6-9)7-11-17-10(8-20-11)13(14,15)16/h2-3,8-9H,4-7H2,1H3/t9-/m1/s1. The molecule has 1 heterocycles. The summed E-state index contributed by atoms with van der Waals surface area (Å²) in [6.45, 7) is 0.125. The van der Waals surface area contributed by atoms with Crippen LogP contribution in [0.2, 0.25) is 0 Å². The molecular formula is C13H15F3N2OS. The van der Waals surface area contributed by atoms with Crippen LogP contribution < -0.4 is 0 Å². The molecule has 1 aliphatic carbocycles. The van der Waals surface area contributed by atoms with E-state index in [0.717, 1.165) is 29.6 Å². The van der Waals surface area contributed by atoms with Gasteiger partial charge in [0.2, 0.25) is 5.91 Å². The van der Waals surface area contributed by atoms with Crippen LogP contribution in [0.25, 0.3) is 0 Å². The van der Waals surface area contributed by atoms with E-state index in [1.165, 1.54) is 4.90 Å². The summed E-state index contributed by atoms with van der Waals surface area (Å²) < 4.78 is 37.3. The van der Waals surface area contributed by atoms with Gasteiger partial charge >= 0.3 is 6.18 Å². The third kappa shape index (κ3) is 3.59. The first kappa shape index (κ1) is 15.0. The van der Waals surface area contributed by atoms with Gasteiger partial charge in [0.15, 0.2) is 5.69 Å². The number of carbonyl (C=O) groups excluding carboxylic acids is 1. The molecule has 0 fully saturated rings. The summed E-state index contributed by atoms with van der Waals surface area (Å²) >= 11 is 0.930. The zero-order chi connectivity index (χ0) is 14.8. The number of halogens is 3. The lowest BCUT2D eigenvalue weighted by atomic mass is 9.93. The van der Waals surface area contributed by atoms with Crippen molar-refractivity contribution in [1.29, 1.82) is 0 Å². The Morgan fingerprint density at radius 1 is 1.50 bits per heavy atom. The topological polar surface area (TPSA) is 33.2 Å². The predicted octanol–water partition coefficient (Wildman–Crippen LogP) is 3.48. The van der Waals surface area contributed by atoms with Crippen molar-refractivity contribution in [2.75, 3.05) is 7.05 Å². The van der Waals surface area contributed by atoms with Crippen LogP contribution in [0.4, 0.5) is 13.2 Å². The van der Waals surface area contributed by atoms with E-state index in [-0.39, 0.29) is 18.4 Å². The van der Waals surface area contributed by atoms with Crippen LogP contribution in [0.15, 0.2) is 17.5 Å². The first-order valence-corrected chi connectivity index (χ1v) is 7.17. The molecule has 0 N–H and O–H groups in total. The van der Waals surface area contributed by atoms with Crippen molar-refractivity contribution in [2.45, 2.75) is 32.0 Å². The van der Waals surface area contributed by atoms with Crippen LogP contribution in [0.1, 0.15) is 30.0 Å². The number of aromatic nitrogens is 1. The molecule has 0 saturated heterocycles. The van der Waals surface area contributed by atoms with E-state index in [2.05, 4.69) is 4.98 Å². The Labute approximate surface area is 119 Å². The van der Waals surface area contributed by atoms with Gasteiger partial charge in [-0.15, -0.1) is 11.3 Å². The Hall–Kier alpha value is -1.37. The first-order chi connectivity index (χ1) is 9.38. The molecule has 1 aromatic heterocycles. The summed E-state index contributed by atoms with van der Waals surface area (Å²) in [4.78, 5) is 17.1. The summed E-state index contributed by atoms with van der Waals surface area (Å²) in [7, 11) is 1.61. The van der Waals surface area contributed by atoms with Gasteiger partial charge < -0.3 is 4.90 Å². The summed E-state index contributed by atoms with van der Waals surface area (Å²) in [5.41, 5.74) is -0.890. The quantitative estimate of drug-likeness (QED) is 0.801. The van der Waals surface area contributed by atoms with Gasteiger partial charge in [0, 0.05) is 18.3 Å². The number of nitrogens with zero attached hydrogens (tertiary/aromatic N) is 2. The van der Waals surface area contributed by atoms with E-state index in [0.29, 0.717) is 11.4 Å². The number of thiazole rings is 1. The second-order valence-corrected chi connectivity index (χ2v) is 5.74. The SMILES string of the molecule is CN(Cc1nc(C(F)(F)F)cs1)C(=O)[C@@H]1CC=CCC1. The van der Waals surface area contributed by atoms with Crippen molar-refractivity contribution in [2.24, 2.45) is 5.92 Å². The Bertz CT molecular complexity index is 510. The van der Waals surface area contributed by atoms with Crippen molar-refractivity contribution < 1.29 is 18.0 Å². The number of amides is 1. The lowest BCUT2D eigenvalue weighted by Gasteiger charge is -2.23. The fraction of sp³-hybridized carbons (Fsp3) is 0.538. The van der Waals surface area contributed by atoms with Gasteiger partial charge in [-0.05, 0) is 19.3 Å². The predicted molar refractivity (Wildman–Crippen MR) is 70.1 cm³/mol. The van der Waals surface area contributed by atoms with Crippen LogP contribution in [-0.2, 0) is 17.5 Å². The van der Waals surface area contributed by atoms with Crippen molar-refractivity contribution >= 4 is 17.2 Å². The summed E-state index contributed by atoms with van der Waals surface area (Å²) in [5, 5.41) is 1.29. The average molecular weight is 304 g/mol. The smallest absolute Gasteiger partial charge is 0.339 e. The van der Waals surface area contributed by atoms with E-state index >= 15 is 0 Å². The van der Waals surface area contributed by atoms with Gasteiger partial charge in [-0.2, -0.15) is 13.2 Å². The highest BCUT2D eigenvalue weighted by Gasteiger charge is 2.34. The molecular weight excluding hydrogens is 289 g/mol. The lowest BCUT2D eigenvalue weighted by molar-refractivity contribution is -0.140. The molecule has 1 aromatic rings. The Morgan fingerprint density at radius 2 is 2.25 bits per heavy atom. The average Bonchev–Trinajstić information content (AvgIpc) is 2.87. The van der Waals surface area contributed by atoms with Gasteiger partial charge in [0.05, 0.1) is 6.54 Å². The highest BCUT2D eigenvalue weighted by molar-refractivity contribution is 7.09. The second kappa shape index (κ2) is 5.95. The molecule has 0 bridgehead atoms. The maximum atomic E-state index is 12.4. The monoisotopic (exact) mass is 304 g/mol. The van der Waals surface area contributed by atoms with Crippen LogP contribution in [0.3, 0.4) is 0 Å². The minimum atomic E-state index is -4.43. The molecule has 3 nitrogen and oxygen atoms in total. The summed E-state index contributed by atoms with van der Waals surface area (Å²) in [6, 6.07) is 0. The van der Waals surface area contributed by atoms with Crippen molar-refractivity contribution in [3.05, 3.63) is 28.2 Å². The number of rotatable bonds is 3. The molecule has 1 atom stereocenters. The van der Waals surface area contributed by atoms with Crippen LogP contribution >= 0.6 is 11.3 Å². The van der Waals surface area contributed by atoms with E-state index in [9.17, 15) is 18.0 Å². The molecule has 2 rings (SSSR count). The zero-order valence-corrected chi connectivity index (χ0v) is 11.8. The second-order valence-electron chi connectivity index (χ2n) is 4.80. The van der Waals surface area contributed by atoms with Crippen LogP contribution in [-0.4, -0.2) is 22.8 Å². The van der Waals surface area contributed by atoms with E-state index < -0.39 is 11.9 Å². The number of hydrogen-bond donors (Lipinski definition) is 0. The van der Waals surface area contributed by atoms with E-state index in [1.807, 2.05) is 12.2 Å². The van der Waals surface area contributed by atoms with E-state index in [4.69, 9.17) is 0 Å². The van der Waals surface area contributed by atoms with Crippen molar-refractivity contribution in [3.8, 4) is 0 Å². The number of alkyl halides is 3. The Kier molecular flexibility index (Phi) is 4.47. The molecule has 0 saturated carbocycles. The fourth-order valence-electron chi connectivity index (χ4n) is 2.12. The third-order valence-corrected chi connectivity index (χ3v) is 4.04. The molecule has 0 aromatic carbocycles. The normalized spacial score (nSPS) is 19.1. The maximum Gasteiger partial charge on any atom is 0.434 e. The van der Waals surface area contributed by atoms with E-state index in [1.54, 1.807) is 7.05 Å². The Balaban J connectivity index is 1.97. The van der Waals surface area contributed by atoms with Gasteiger partial charge in [0.25, 0.3) is 0 Å². The first-order valence-electron chi connectivity index (χ1n) is 6.29. The third-order valence-electron chi connectivity index (χ3n) is 3.21. The molecule has 0 aliphatic heterocycles. The number of hydrogen-bond acceptors (Lipinski definition) is 3. The Morgan fingerprint density at radius 3 is 2.80 bits per heavy atom. The molecule has 0 spiro atoms. The van der Waals surface area contributed by atoms with Gasteiger partial charge in [-0.1, -0.05) is 12.2 Å². The van der Waals surface area contributed by atoms with Gasteiger partial charge in [-0.25, -0.2) is 4.98 Å². The minimum absolute atomic E-state index is 0.0295. The summed E-state index contributed by atoms with van der Waals surface area (Å²) in [6.07, 6.45) is 1.97. The highest BCUT2D eigenvalue weighted by atomic mass is 32.1. The van der Waals surface area contributed by atoms with Gasteiger partial charge in [0.1, 0.15) is 5.01 Å². The number of allylic oxidation sites excluding steroid dienone is 2.